The number of carboxylic acid groups (broad SMARTS) is 1. The number of benzene rings is 1. The van der Waals surface area contributed by atoms with Gasteiger partial charge in [-0.3, -0.25) is 4.79 Å². The second kappa shape index (κ2) is 6.29. The van der Waals surface area contributed by atoms with E-state index in [0.717, 1.165) is 28.6 Å². The molecule has 0 spiro atoms. The lowest BCUT2D eigenvalue weighted by Gasteiger charge is -2.33. The number of carboxylic acids is 1. The Morgan fingerprint density at radius 2 is 1.86 bits per heavy atom. The van der Waals surface area contributed by atoms with E-state index in [9.17, 15) is 22.0 Å². The molecule has 0 saturated carbocycles. The third kappa shape index (κ3) is 3.44. The molecule has 0 bridgehead atoms. The maximum atomic E-state index is 12.5. The van der Waals surface area contributed by atoms with Crippen molar-refractivity contribution in [1.82, 2.24) is 4.31 Å². The number of halogens is 2. The average molecular weight is 333 g/mol. The van der Waals surface area contributed by atoms with Crippen molar-refractivity contribution in [2.24, 2.45) is 11.8 Å². The fourth-order valence-electron chi connectivity index (χ4n) is 2.61. The number of hydrogen-bond donors (Lipinski definition) is 1. The Morgan fingerprint density at radius 3 is 2.36 bits per heavy atom. The Morgan fingerprint density at radius 1 is 1.27 bits per heavy atom. The van der Waals surface area contributed by atoms with Gasteiger partial charge in [-0.1, -0.05) is 19.1 Å². The predicted molar refractivity (Wildman–Crippen MR) is 75.1 cm³/mol. The van der Waals surface area contributed by atoms with Gasteiger partial charge < -0.3 is 5.11 Å². The van der Waals surface area contributed by atoms with Crippen molar-refractivity contribution in [1.29, 1.82) is 0 Å². The fourth-order valence-corrected chi connectivity index (χ4v) is 4.22. The first kappa shape index (κ1) is 16.8. The molecule has 0 aromatic heterocycles. The van der Waals surface area contributed by atoms with E-state index in [1.807, 2.05) is 0 Å². The molecule has 1 saturated heterocycles. The minimum absolute atomic E-state index is 0.0787. The summed E-state index contributed by atoms with van der Waals surface area (Å²) in [6.45, 7) is 1.92. The summed E-state index contributed by atoms with van der Waals surface area (Å²) in [6, 6.07) is 4.40. The number of aliphatic carboxylic acids is 1. The van der Waals surface area contributed by atoms with E-state index in [1.54, 1.807) is 6.92 Å². The SMILES string of the molecule is CC1CC(C(=O)O)CN(S(=O)(=O)c2ccc(C(F)F)cc2)C1. The Balaban J connectivity index is 2.27. The van der Waals surface area contributed by atoms with Crippen molar-refractivity contribution < 1.29 is 27.1 Å². The van der Waals surface area contributed by atoms with Crippen LogP contribution >= 0.6 is 0 Å². The molecule has 1 heterocycles. The number of sulfonamides is 1. The quantitative estimate of drug-likeness (QED) is 0.918. The molecule has 122 valence electrons. The van der Waals surface area contributed by atoms with Crippen molar-refractivity contribution in [3.8, 4) is 0 Å². The molecule has 0 aliphatic carbocycles. The maximum absolute atomic E-state index is 12.5. The Kier molecular flexibility index (Phi) is 4.81. The number of nitrogens with zero attached hydrogens (tertiary/aromatic N) is 1. The van der Waals surface area contributed by atoms with Crippen LogP contribution < -0.4 is 0 Å². The van der Waals surface area contributed by atoms with Gasteiger partial charge in [0.1, 0.15) is 0 Å². The summed E-state index contributed by atoms with van der Waals surface area (Å²) in [7, 11) is -3.88. The van der Waals surface area contributed by atoms with Crippen molar-refractivity contribution in [2.45, 2.75) is 24.7 Å². The van der Waals surface area contributed by atoms with E-state index in [-0.39, 0.29) is 29.5 Å². The molecule has 0 amide bonds. The van der Waals surface area contributed by atoms with Crippen LogP contribution in [0.15, 0.2) is 29.2 Å². The molecule has 1 fully saturated rings. The molecule has 1 aromatic rings. The third-order valence-corrected chi connectivity index (χ3v) is 5.59. The summed E-state index contributed by atoms with van der Waals surface area (Å²) in [5, 5.41) is 9.10. The molecule has 1 aliphatic heterocycles. The molecule has 2 rings (SSSR count). The van der Waals surface area contributed by atoms with Gasteiger partial charge >= 0.3 is 5.97 Å². The molecule has 0 radical (unpaired) electrons. The first-order chi connectivity index (χ1) is 10.2. The Labute approximate surface area is 127 Å². The molecule has 8 heteroatoms. The highest BCUT2D eigenvalue weighted by molar-refractivity contribution is 7.89. The highest BCUT2D eigenvalue weighted by Gasteiger charge is 2.36. The zero-order chi connectivity index (χ0) is 16.5. The maximum Gasteiger partial charge on any atom is 0.307 e. The minimum Gasteiger partial charge on any atom is -0.481 e. The summed E-state index contributed by atoms with van der Waals surface area (Å²) in [5.41, 5.74) is -0.255. The van der Waals surface area contributed by atoms with Crippen LogP contribution in [0.5, 0.6) is 0 Å². The van der Waals surface area contributed by atoms with E-state index in [0.29, 0.717) is 6.42 Å². The van der Waals surface area contributed by atoms with Crippen molar-refractivity contribution in [2.75, 3.05) is 13.1 Å². The largest absolute Gasteiger partial charge is 0.481 e. The van der Waals surface area contributed by atoms with Crippen LogP contribution in [0, 0.1) is 11.8 Å². The number of piperidine rings is 1. The summed E-state index contributed by atoms with van der Waals surface area (Å²) in [6.07, 6.45) is -2.24. The van der Waals surface area contributed by atoms with Crippen LogP contribution in [0.1, 0.15) is 25.3 Å². The van der Waals surface area contributed by atoms with Crippen molar-refractivity contribution in [3.63, 3.8) is 0 Å². The topological polar surface area (TPSA) is 74.7 Å². The van der Waals surface area contributed by atoms with E-state index in [4.69, 9.17) is 5.11 Å². The summed E-state index contributed by atoms with van der Waals surface area (Å²) < 4.78 is 51.2. The van der Waals surface area contributed by atoms with Gasteiger partial charge in [0.2, 0.25) is 10.0 Å². The minimum atomic E-state index is -3.88. The molecule has 1 N–H and O–H groups in total. The standard InChI is InChI=1S/C14H17F2NO4S/c1-9-6-11(14(18)19)8-17(7-9)22(20,21)12-4-2-10(3-5-12)13(15)16/h2-5,9,11,13H,6-8H2,1H3,(H,18,19). The van der Waals surface area contributed by atoms with Crippen LogP contribution in [0.3, 0.4) is 0 Å². The first-order valence-corrected chi connectivity index (χ1v) is 8.27. The lowest BCUT2D eigenvalue weighted by molar-refractivity contribution is -0.143. The lowest BCUT2D eigenvalue weighted by Crippen LogP contribution is -2.45. The summed E-state index contributed by atoms with van der Waals surface area (Å²) >= 11 is 0. The monoisotopic (exact) mass is 333 g/mol. The van der Waals surface area contributed by atoms with E-state index in [2.05, 4.69) is 0 Å². The van der Waals surface area contributed by atoms with Crippen LogP contribution in [-0.2, 0) is 14.8 Å². The van der Waals surface area contributed by atoms with Gasteiger partial charge in [0.05, 0.1) is 10.8 Å². The van der Waals surface area contributed by atoms with Gasteiger partial charge in [-0.25, -0.2) is 17.2 Å². The zero-order valence-corrected chi connectivity index (χ0v) is 12.8. The molecule has 1 aliphatic rings. The Hall–Kier alpha value is -1.54. The van der Waals surface area contributed by atoms with E-state index >= 15 is 0 Å². The predicted octanol–water partition coefficient (Wildman–Crippen LogP) is 2.36. The zero-order valence-electron chi connectivity index (χ0n) is 11.9. The third-order valence-electron chi connectivity index (χ3n) is 3.75. The second-order valence-corrected chi connectivity index (χ2v) is 7.51. The smallest absolute Gasteiger partial charge is 0.307 e. The molecule has 2 unspecified atom stereocenters. The molecule has 22 heavy (non-hydrogen) atoms. The molecule has 1 aromatic carbocycles. The number of hydrogen-bond acceptors (Lipinski definition) is 3. The summed E-state index contributed by atoms with van der Waals surface area (Å²) in [4.78, 5) is 11.0. The van der Waals surface area contributed by atoms with Crippen LogP contribution in [0.2, 0.25) is 0 Å². The van der Waals surface area contributed by atoms with Crippen molar-refractivity contribution in [3.05, 3.63) is 29.8 Å². The molecular weight excluding hydrogens is 316 g/mol. The normalized spacial score (nSPS) is 23.6. The molecular formula is C14H17F2NO4S. The van der Waals surface area contributed by atoms with Crippen LogP contribution in [-0.4, -0.2) is 36.9 Å². The highest BCUT2D eigenvalue weighted by atomic mass is 32.2. The van der Waals surface area contributed by atoms with Gasteiger partial charge in [-0.15, -0.1) is 0 Å². The molecule has 2 atom stereocenters. The second-order valence-electron chi connectivity index (χ2n) is 5.57. The molecule has 5 nitrogen and oxygen atoms in total. The van der Waals surface area contributed by atoms with E-state index < -0.39 is 28.3 Å². The number of rotatable bonds is 4. The highest BCUT2D eigenvalue weighted by Crippen LogP contribution is 2.28. The van der Waals surface area contributed by atoms with E-state index in [1.165, 1.54) is 0 Å². The van der Waals surface area contributed by atoms with Gasteiger partial charge in [-0.2, -0.15) is 4.31 Å². The van der Waals surface area contributed by atoms with Gasteiger partial charge in [0, 0.05) is 18.7 Å². The average Bonchev–Trinajstić information content (AvgIpc) is 2.46. The van der Waals surface area contributed by atoms with Crippen molar-refractivity contribution >= 4 is 16.0 Å². The van der Waals surface area contributed by atoms with Gasteiger partial charge in [0.25, 0.3) is 6.43 Å². The number of carbonyl (C=O) groups is 1. The van der Waals surface area contributed by atoms with Gasteiger partial charge in [-0.05, 0) is 24.5 Å². The first-order valence-electron chi connectivity index (χ1n) is 6.83. The number of alkyl halides is 2. The lowest BCUT2D eigenvalue weighted by atomic mass is 9.92. The Bertz CT molecular complexity index is 645. The fraction of sp³-hybridized carbons (Fsp3) is 0.500. The van der Waals surface area contributed by atoms with Gasteiger partial charge in [0.15, 0.2) is 0 Å². The summed E-state index contributed by atoms with van der Waals surface area (Å²) in [5.74, 6) is -1.86. The van der Waals surface area contributed by atoms with Crippen LogP contribution in [0.25, 0.3) is 0 Å². The van der Waals surface area contributed by atoms with Crippen LogP contribution in [0.4, 0.5) is 8.78 Å².